The van der Waals surface area contributed by atoms with Gasteiger partial charge in [-0.2, -0.15) is 0 Å². The lowest BCUT2D eigenvalue weighted by atomic mass is 10.0. The summed E-state index contributed by atoms with van der Waals surface area (Å²) in [4.78, 5) is 24.8. The molecule has 8 heteroatoms. The maximum Gasteiger partial charge on any atom is 0.155 e. The Kier molecular flexibility index (Phi) is 27.4. The molecule has 0 aliphatic heterocycles. The molecule has 0 fully saturated rings. The summed E-state index contributed by atoms with van der Waals surface area (Å²) in [6, 6.07) is 10.2. The first-order valence-electron chi connectivity index (χ1n) is 29.1. The number of nitrogens with zero attached hydrogens (tertiary/aromatic N) is 2. The van der Waals surface area contributed by atoms with Crippen molar-refractivity contribution in [1.82, 2.24) is 9.97 Å². The number of hydrogen-bond acceptors (Lipinski definition) is 8. The Hall–Kier alpha value is -1.68. The van der Waals surface area contributed by atoms with Crippen LogP contribution in [0.25, 0.3) is 48.9 Å². The van der Waals surface area contributed by atoms with Gasteiger partial charge in [-0.05, 0) is 112 Å². The summed E-state index contributed by atoms with van der Waals surface area (Å²) >= 11 is 11.8. The monoisotopic (exact) mass is 1060 g/mol. The van der Waals surface area contributed by atoms with Gasteiger partial charge in [-0.1, -0.05) is 230 Å². The first-order valence-corrected chi connectivity index (χ1v) is 34.0. The van der Waals surface area contributed by atoms with E-state index < -0.39 is 0 Å². The zero-order valence-electron chi connectivity index (χ0n) is 45.1. The van der Waals surface area contributed by atoms with Crippen LogP contribution in [0.1, 0.15) is 265 Å². The topological polar surface area (TPSA) is 25.8 Å². The van der Waals surface area contributed by atoms with E-state index in [1.54, 1.807) is 20.9 Å². The molecule has 0 spiro atoms. The number of hydrogen-bond donors (Lipinski definition) is 0. The smallest absolute Gasteiger partial charge is 0.155 e. The Bertz CT molecular complexity index is 2280. The van der Waals surface area contributed by atoms with Crippen molar-refractivity contribution in [1.29, 1.82) is 0 Å². The minimum Gasteiger partial charge on any atom is -0.222 e. The molecule has 0 radical (unpaired) electrons. The molecule has 0 unspecified atom stereocenters. The highest BCUT2D eigenvalue weighted by atomic mass is 32.1. The molecule has 0 saturated carbocycles. The molecule has 6 aromatic heterocycles. The molecule has 6 rings (SSSR count). The van der Waals surface area contributed by atoms with Crippen LogP contribution in [0.15, 0.2) is 24.3 Å². The molecule has 0 bridgehead atoms. The second kappa shape index (κ2) is 33.3. The molecule has 0 amide bonds. The molecule has 0 aliphatic rings. The van der Waals surface area contributed by atoms with Crippen molar-refractivity contribution in [3.63, 3.8) is 0 Å². The summed E-state index contributed by atoms with van der Waals surface area (Å²) < 4.78 is 0. The van der Waals surface area contributed by atoms with Crippen LogP contribution >= 0.6 is 68.0 Å². The van der Waals surface area contributed by atoms with E-state index in [4.69, 9.17) is 9.97 Å². The van der Waals surface area contributed by atoms with Crippen molar-refractivity contribution in [3.8, 4) is 39.3 Å². The molecule has 0 saturated heterocycles. The maximum atomic E-state index is 5.46. The van der Waals surface area contributed by atoms with Crippen LogP contribution in [-0.4, -0.2) is 9.97 Å². The average Bonchev–Trinajstić information content (AvgIpc) is 4.22. The fourth-order valence-corrected chi connectivity index (χ4v) is 17.4. The molecular formula is C62H94N2S6. The van der Waals surface area contributed by atoms with Crippen molar-refractivity contribution in [2.45, 2.75) is 273 Å². The van der Waals surface area contributed by atoms with Gasteiger partial charge in [0, 0.05) is 29.3 Å². The average molecular weight is 1060 g/mol. The lowest BCUT2D eigenvalue weighted by Crippen LogP contribution is -1.89. The van der Waals surface area contributed by atoms with Crippen LogP contribution in [0.3, 0.4) is 0 Å². The summed E-state index contributed by atoms with van der Waals surface area (Å²) in [5.74, 6) is 0. The normalized spacial score (nSPS) is 11.9. The number of thiophene rings is 4. The van der Waals surface area contributed by atoms with E-state index in [1.165, 1.54) is 275 Å². The van der Waals surface area contributed by atoms with Crippen molar-refractivity contribution in [3.05, 3.63) is 56.3 Å². The second-order valence-corrected chi connectivity index (χ2v) is 27.5. The number of rotatable bonds is 40. The predicted octanol–water partition coefficient (Wildman–Crippen LogP) is 24.0. The molecular weight excluding hydrogens is 965 g/mol. The van der Waals surface area contributed by atoms with Gasteiger partial charge < -0.3 is 0 Å². The van der Waals surface area contributed by atoms with E-state index in [0.717, 1.165) is 16.1 Å². The molecule has 2 nitrogen and oxygen atoms in total. The van der Waals surface area contributed by atoms with Gasteiger partial charge in [-0.3, -0.25) is 0 Å². The van der Waals surface area contributed by atoms with Crippen LogP contribution in [0.2, 0.25) is 0 Å². The Morgan fingerprint density at radius 2 is 0.543 bits per heavy atom. The largest absolute Gasteiger partial charge is 0.222 e. The van der Waals surface area contributed by atoms with E-state index in [1.807, 2.05) is 45.3 Å². The van der Waals surface area contributed by atoms with Gasteiger partial charge in [0.05, 0.1) is 9.75 Å². The number of thiazole rings is 2. The van der Waals surface area contributed by atoms with Gasteiger partial charge in [-0.15, -0.1) is 45.3 Å². The van der Waals surface area contributed by atoms with Crippen LogP contribution < -0.4 is 0 Å². The third-order valence-corrected chi connectivity index (χ3v) is 21.7. The highest BCUT2D eigenvalue weighted by Crippen LogP contribution is 2.49. The van der Waals surface area contributed by atoms with Crippen molar-refractivity contribution in [2.24, 2.45) is 0 Å². The lowest BCUT2D eigenvalue weighted by Gasteiger charge is -2.06. The number of aromatic nitrogens is 2. The highest BCUT2D eigenvalue weighted by molar-refractivity contribution is 7.33. The summed E-state index contributed by atoms with van der Waals surface area (Å²) in [5.41, 5.74) is 6.21. The number of unbranched alkanes of at least 4 members (excludes halogenated alkanes) is 28. The zero-order valence-corrected chi connectivity index (χ0v) is 50.0. The van der Waals surface area contributed by atoms with Crippen molar-refractivity contribution < 1.29 is 0 Å². The lowest BCUT2D eigenvalue weighted by molar-refractivity contribution is 0.556. The van der Waals surface area contributed by atoms with E-state index in [-0.39, 0.29) is 0 Å². The molecule has 388 valence electrons. The fraction of sp³-hybridized carbons (Fsp3) is 0.677. The summed E-state index contributed by atoms with van der Waals surface area (Å²) in [6.45, 7) is 13.9. The molecule has 0 aromatic carbocycles. The van der Waals surface area contributed by atoms with Crippen LogP contribution in [0.5, 0.6) is 0 Å². The minimum absolute atomic E-state index is 1.12. The number of fused-ring (bicyclic) bond motifs is 1. The maximum absolute atomic E-state index is 5.46. The first kappa shape index (κ1) is 57.6. The molecule has 70 heavy (non-hydrogen) atoms. The summed E-state index contributed by atoms with van der Waals surface area (Å²) in [6.07, 6.45) is 48.4. The summed E-state index contributed by atoms with van der Waals surface area (Å²) in [7, 11) is 0. The predicted molar refractivity (Wildman–Crippen MR) is 323 cm³/mol. The molecule has 0 N–H and O–H groups in total. The Morgan fingerprint density at radius 1 is 0.286 bits per heavy atom. The van der Waals surface area contributed by atoms with Crippen molar-refractivity contribution >= 4 is 77.7 Å². The van der Waals surface area contributed by atoms with Gasteiger partial charge >= 0.3 is 0 Å². The SMILES string of the molecule is CCCCCCCCCCCCc1cc(C)sc1-c1nc2sc(-c3sc(-c4cc(CCCCCCCC)c(-c5sc(C)cc5CCCCCCCC)s4)cc3CCCCCCCCCCCC)nc2s1. The molecule has 6 aromatic rings. The molecule has 6 heterocycles. The standard InChI is InChI=1S/C62H94N2S6/c1-7-11-15-19-23-25-27-29-33-36-40-50-44-48(6)66-57(50)59-63-61-62(69-59)64-60(70-61)58-52(42-38-34-30-28-26-24-20-16-12-8-2)46-54(68-58)53-45-51(41-37-32-22-18-14-10-4)56(67-53)55-49(43-47(5)65-55)39-35-31-21-17-13-9-3/h43-46H,7-42H2,1-6H3. The highest BCUT2D eigenvalue weighted by Gasteiger charge is 2.23. The second-order valence-electron chi connectivity index (χ2n) is 20.9. The van der Waals surface area contributed by atoms with E-state index in [2.05, 4.69) is 88.5 Å². The van der Waals surface area contributed by atoms with Gasteiger partial charge in [0.1, 0.15) is 10.0 Å². The third-order valence-electron chi connectivity index (χ3n) is 14.5. The van der Waals surface area contributed by atoms with Crippen molar-refractivity contribution in [2.75, 3.05) is 0 Å². The van der Waals surface area contributed by atoms with E-state index in [9.17, 15) is 0 Å². The quantitative estimate of drug-likeness (QED) is 0.0358. The van der Waals surface area contributed by atoms with E-state index in [0.29, 0.717) is 0 Å². The Labute approximate surface area is 452 Å². The van der Waals surface area contributed by atoms with Crippen LogP contribution in [0.4, 0.5) is 0 Å². The van der Waals surface area contributed by atoms with Gasteiger partial charge in [0.25, 0.3) is 0 Å². The fourth-order valence-electron chi connectivity index (χ4n) is 10.4. The Morgan fingerprint density at radius 3 is 0.914 bits per heavy atom. The third kappa shape index (κ3) is 18.9. The number of aryl methyl sites for hydroxylation is 6. The molecule has 0 aliphatic carbocycles. The molecule has 0 atom stereocenters. The van der Waals surface area contributed by atoms with Crippen LogP contribution in [0, 0.1) is 13.8 Å². The van der Waals surface area contributed by atoms with Gasteiger partial charge in [-0.25, -0.2) is 9.97 Å². The van der Waals surface area contributed by atoms with E-state index >= 15 is 0 Å². The summed E-state index contributed by atoms with van der Waals surface area (Å²) in [5, 5.41) is 2.37. The van der Waals surface area contributed by atoms with Gasteiger partial charge in [0.2, 0.25) is 0 Å². The van der Waals surface area contributed by atoms with Gasteiger partial charge in [0.15, 0.2) is 9.66 Å². The zero-order chi connectivity index (χ0) is 49.2. The minimum atomic E-state index is 1.12. The first-order chi connectivity index (χ1) is 34.4. The van der Waals surface area contributed by atoms with Crippen LogP contribution in [-0.2, 0) is 25.7 Å². The Balaban J connectivity index is 1.21.